The number of Topliss-reactive ketones (excluding diaryl/α,β-unsaturated/α-hetero) is 1. The first kappa shape index (κ1) is 13.8. The van der Waals surface area contributed by atoms with Gasteiger partial charge < -0.3 is 5.11 Å². The van der Waals surface area contributed by atoms with E-state index in [1.54, 1.807) is 12.1 Å². The number of ketones is 1. The Morgan fingerprint density at radius 2 is 1.88 bits per heavy atom. The van der Waals surface area contributed by atoms with Crippen LogP contribution in [0.5, 0.6) is 0 Å². The van der Waals surface area contributed by atoms with Gasteiger partial charge >= 0.3 is 0 Å². The molecule has 2 N–H and O–H groups in total. The number of benzene rings is 1. The summed E-state index contributed by atoms with van der Waals surface area (Å²) in [5.74, 6) is -0.428. The van der Waals surface area contributed by atoms with Gasteiger partial charge in [-0.2, -0.15) is 4.72 Å². The number of nitrogens with one attached hydrogen (secondary N) is 1. The van der Waals surface area contributed by atoms with Crippen LogP contribution in [0.4, 0.5) is 0 Å². The van der Waals surface area contributed by atoms with Crippen LogP contribution in [0.3, 0.4) is 0 Å². The molecule has 1 atom stereocenters. The SMILES string of the molecule is CC(=O)[C@H](CO)NS(=O)(=O)c1ccc(C)cc1. The third kappa shape index (κ3) is 3.62. The number of carbonyl (C=O) groups excluding carboxylic acids is 1. The van der Waals surface area contributed by atoms with E-state index in [-0.39, 0.29) is 4.90 Å². The summed E-state index contributed by atoms with van der Waals surface area (Å²) in [4.78, 5) is 11.1. The Kier molecular flexibility index (Phi) is 4.39. The summed E-state index contributed by atoms with van der Waals surface area (Å²) in [6, 6.07) is 5.13. The van der Waals surface area contributed by atoms with E-state index in [1.165, 1.54) is 19.1 Å². The molecule has 0 saturated heterocycles. The standard InChI is InChI=1S/C11H15NO4S/c1-8-3-5-10(6-4-8)17(15,16)12-11(7-13)9(2)14/h3-6,11-13H,7H2,1-2H3/t11-/m0/s1. The van der Waals surface area contributed by atoms with Gasteiger partial charge in [0.1, 0.15) is 11.8 Å². The Labute approximate surface area is 101 Å². The molecule has 6 heteroatoms. The molecule has 0 bridgehead atoms. The fourth-order valence-electron chi connectivity index (χ4n) is 1.22. The van der Waals surface area contributed by atoms with Crippen LogP contribution in [-0.2, 0) is 14.8 Å². The molecule has 0 heterocycles. The highest BCUT2D eigenvalue weighted by Crippen LogP contribution is 2.10. The van der Waals surface area contributed by atoms with E-state index < -0.39 is 28.5 Å². The summed E-state index contributed by atoms with van der Waals surface area (Å²) in [6.07, 6.45) is 0. The third-order valence-electron chi connectivity index (χ3n) is 2.30. The van der Waals surface area contributed by atoms with Crippen molar-refractivity contribution < 1.29 is 18.3 Å². The number of rotatable bonds is 5. The zero-order valence-electron chi connectivity index (χ0n) is 9.67. The van der Waals surface area contributed by atoms with Gasteiger partial charge in [0.15, 0.2) is 0 Å². The molecular weight excluding hydrogens is 242 g/mol. The lowest BCUT2D eigenvalue weighted by molar-refractivity contribution is -0.119. The minimum Gasteiger partial charge on any atom is -0.394 e. The summed E-state index contributed by atoms with van der Waals surface area (Å²) in [5.41, 5.74) is 0.939. The third-order valence-corrected chi connectivity index (χ3v) is 3.79. The van der Waals surface area contributed by atoms with E-state index in [2.05, 4.69) is 4.72 Å². The van der Waals surface area contributed by atoms with E-state index in [1.807, 2.05) is 6.92 Å². The fourth-order valence-corrected chi connectivity index (χ4v) is 2.47. The van der Waals surface area contributed by atoms with Gasteiger partial charge in [-0.1, -0.05) is 17.7 Å². The zero-order valence-corrected chi connectivity index (χ0v) is 10.5. The van der Waals surface area contributed by atoms with Crippen LogP contribution in [0, 0.1) is 6.92 Å². The quantitative estimate of drug-likeness (QED) is 0.790. The number of aliphatic hydroxyl groups is 1. The minimum atomic E-state index is -3.76. The minimum absolute atomic E-state index is 0.0720. The van der Waals surface area contributed by atoms with Crippen molar-refractivity contribution in [2.24, 2.45) is 0 Å². The number of sulfonamides is 1. The summed E-state index contributed by atoms with van der Waals surface area (Å²) < 4.78 is 25.8. The molecule has 1 rings (SSSR count). The summed E-state index contributed by atoms with van der Waals surface area (Å²) in [7, 11) is -3.76. The maximum Gasteiger partial charge on any atom is 0.241 e. The highest BCUT2D eigenvalue weighted by atomic mass is 32.2. The Morgan fingerprint density at radius 3 is 2.29 bits per heavy atom. The maximum absolute atomic E-state index is 11.8. The Bertz CT molecular complexity index is 493. The van der Waals surface area contributed by atoms with Gasteiger partial charge in [0, 0.05) is 0 Å². The Morgan fingerprint density at radius 1 is 1.35 bits per heavy atom. The molecule has 0 aromatic heterocycles. The highest BCUT2D eigenvalue weighted by molar-refractivity contribution is 7.89. The summed E-state index contributed by atoms with van der Waals surface area (Å²) in [6.45, 7) is 2.51. The fraction of sp³-hybridized carbons (Fsp3) is 0.364. The van der Waals surface area contributed by atoms with E-state index in [9.17, 15) is 13.2 Å². The highest BCUT2D eigenvalue weighted by Gasteiger charge is 2.22. The van der Waals surface area contributed by atoms with Crippen molar-refractivity contribution in [1.29, 1.82) is 0 Å². The smallest absolute Gasteiger partial charge is 0.241 e. The van der Waals surface area contributed by atoms with Crippen molar-refractivity contribution in [1.82, 2.24) is 4.72 Å². The van der Waals surface area contributed by atoms with E-state index in [0.717, 1.165) is 5.56 Å². The first-order valence-electron chi connectivity index (χ1n) is 5.07. The molecule has 0 aliphatic heterocycles. The molecule has 1 aromatic rings. The molecule has 0 amide bonds. The monoisotopic (exact) mass is 257 g/mol. The lowest BCUT2D eigenvalue weighted by Gasteiger charge is -2.13. The number of carbonyl (C=O) groups is 1. The van der Waals surface area contributed by atoms with Crippen LogP contribution < -0.4 is 4.72 Å². The molecule has 0 saturated carbocycles. The lowest BCUT2D eigenvalue weighted by Crippen LogP contribution is -2.42. The van der Waals surface area contributed by atoms with Gasteiger partial charge in [-0.25, -0.2) is 8.42 Å². The molecule has 17 heavy (non-hydrogen) atoms. The van der Waals surface area contributed by atoms with Crippen LogP contribution in [0.1, 0.15) is 12.5 Å². The topological polar surface area (TPSA) is 83.5 Å². The average molecular weight is 257 g/mol. The van der Waals surface area contributed by atoms with Crippen molar-refractivity contribution in [3.63, 3.8) is 0 Å². The molecule has 0 spiro atoms. The average Bonchev–Trinajstić information content (AvgIpc) is 2.26. The maximum atomic E-state index is 11.8. The Balaban J connectivity index is 2.96. The molecule has 1 aromatic carbocycles. The van der Waals surface area contributed by atoms with E-state index in [0.29, 0.717) is 0 Å². The zero-order chi connectivity index (χ0) is 13.1. The first-order valence-corrected chi connectivity index (χ1v) is 6.55. The molecule has 0 unspecified atom stereocenters. The van der Waals surface area contributed by atoms with Gasteiger partial charge in [-0.15, -0.1) is 0 Å². The largest absolute Gasteiger partial charge is 0.394 e. The van der Waals surface area contributed by atoms with Gasteiger partial charge in [0.2, 0.25) is 10.0 Å². The predicted molar refractivity (Wildman–Crippen MR) is 63.1 cm³/mol. The molecule has 0 aliphatic carbocycles. The van der Waals surface area contributed by atoms with Crippen LogP contribution in [0.15, 0.2) is 29.2 Å². The van der Waals surface area contributed by atoms with Crippen molar-refractivity contribution in [3.8, 4) is 0 Å². The lowest BCUT2D eigenvalue weighted by atomic mass is 10.2. The van der Waals surface area contributed by atoms with Crippen molar-refractivity contribution in [3.05, 3.63) is 29.8 Å². The Hall–Kier alpha value is -1.24. The second-order valence-electron chi connectivity index (χ2n) is 3.78. The second kappa shape index (κ2) is 5.39. The van der Waals surface area contributed by atoms with Gasteiger partial charge in [-0.05, 0) is 26.0 Å². The second-order valence-corrected chi connectivity index (χ2v) is 5.49. The summed E-state index contributed by atoms with van der Waals surface area (Å²) in [5, 5.41) is 8.90. The van der Waals surface area contributed by atoms with Crippen molar-refractivity contribution in [2.45, 2.75) is 24.8 Å². The number of aryl methyl sites for hydroxylation is 1. The van der Waals surface area contributed by atoms with Crippen LogP contribution in [0.25, 0.3) is 0 Å². The summed E-state index contributed by atoms with van der Waals surface area (Å²) >= 11 is 0. The van der Waals surface area contributed by atoms with Crippen LogP contribution >= 0.6 is 0 Å². The molecule has 0 radical (unpaired) electrons. The normalized spacial score (nSPS) is 13.4. The number of aliphatic hydroxyl groups excluding tert-OH is 1. The first-order chi connectivity index (χ1) is 7.86. The molecular formula is C11H15NO4S. The van der Waals surface area contributed by atoms with Gasteiger partial charge in [0.05, 0.1) is 11.5 Å². The molecule has 0 aliphatic rings. The molecule has 0 fully saturated rings. The van der Waals surface area contributed by atoms with E-state index >= 15 is 0 Å². The van der Waals surface area contributed by atoms with Crippen LogP contribution in [0.2, 0.25) is 0 Å². The van der Waals surface area contributed by atoms with Crippen molar-refractivity contribution >= 4 is 15.8 Å². The molecule has 5 nitrogen and oxygen atoms in total. The number of hydrogen-bond acceptors (Lipinski definition) is 4. The number of hydrogen-bond donors (Lipinski definition) is 2. The van der Waals surface area contributed by atoms with E-state index in [4.69, 9.17) is 5.11 Å². The van der Waals surface area contributed by atoms with Gasteiger partial charge in [0.25, 0.3) is 0 Å². The van der Waals surface area contributed by atoms with Gasteiger partial charge in [-0.3, -0.25) is 4.79 Å². The predicted octanol–water partition coefficient (Wildman–Crippen LogP) is 0.223. The van der Waals surface area contributed by atoms with Crippen LogP contribution in [-0.4, -0.2) is 32.0 Å². The molecule has 94 valence electrons. The van der Waals surface area contributed by atoms with Crippen molar-refractivity contribution in [2.75, 3.05) is 6.61 Å².